The summed E-state index contributed by atoms with van der Waals surface area (Å²) in [4.78, 5) is 4.30. The van der Waals surface area contributed by atoms with Gasteiger partial charge in [-0.1, -0.05) is 6.92 Å². The van der Waals surface area contributed by atoms with Gasteiger partial charge in [-0.2, -0.15) is 11.8 Å². The second-order valence-corrected chi connectivity index (χ2v) is 5.62. The standard InChI is InChI=1S/C13H21N3S/c1-2-5-14-13-8-12(3-6-15-13)16-9-11-4-7-17-10-11/h3,6,8,11H,2,4-5,7,9-10H2,1H3,(H2,14,15,16). The van der Waals surface area contributed by atoms with Crippen molar-refractivity contribution in [3.8, 4) is 0 Å². The molecule has 1 fully saturated rings. The van der Waals surface area contributed by atoms with E-state index in [-0.39, 0.29) is 0 Å². The summed E-state index contributed by atoms with van der Waals surface area (Å²) < 4.78 is 0. The van der Waals surface area contributed by atoms with Crippen LogP contribution in [-0.2, 0) is 0 Å². The van der Waals surface area contributed by atoms with Crippen molar-refractivity contribution in [2.75, 3.05) is 35.2 Å². The number of hydrogen-bond donors (Lipinski definition) is 2. The molecular formula is C13H21N3S. The third-order valence-electron chi connectivity index (χ3n) is 2.93. The minimum absolute atomic E-state index is 0.834. The molecular weight excluding hydrogens is 230 g/mol. The summed E-state index contributed by atoms with van der Waals surface area (Å²) in [7, 11) is 0. The van der Waals surface area contributed by atoms with Gasteiger partial charge in [0.2, 0.25) is 0 Å². The van der Waals surface area contributed by atoms with Gasteiger partial charge >= 0.3 is 0 Å². The van der Waals surface area contributed by atoms with E-state index in [1.54, 1.807) is 0 Å². The Morgan fingerprint density at radius 3 is 3.18 bits per heavy atom. The lowest BCUT2D eigenvalue weighted by Gasteiger charge is -2.12. The van der Waals surface area contributed by atoms with Crippen molar-refractivity contribution in [1.82, 2.24) is 4.98 Å². The maximum absolute atomic E-state index is 4.30. The molecule has 0 bridgehead atoms. The molecule has 1 unspecified atom stereocenters. The number of nitrogens with one attached hydrogen (secondary N) is 2. The Morgan fingerprint density at radius 1 is 1.47 bits per heavy atom. The van der Waals surface area contributed by atoms with Gasteiger partial charge in [-0.05, 0) is 36.3 Å². The molecule has 1 atom stereocenters. The fourth-order valence-corrected chi connectivity index (χ4v) is 3.18. The topological polar surface area (TPSA) is 37.0 Å². The van der Waals surface area contributed by atoms with Crippen LogP contribution in [0.3, 0.4) is 0 Å². The first-order chi connectivity index (χ1) is 8.38. The van der Waals surface area contributed by atoms with Gasteiger partial charge in [0.1, 0.15) is 5.82 Å². The highest BCUT2D eigenvalue weighted by Gasteiger charge is 2.14. The summed E-state index contributed by atoms with van der Waals surface area (Å²) in [6.45, 7) is 4.23. The SMILES string of the molecule is CCCNc1cc(NCC2CCSC2)ccn1. The van der Waals surface area contributed by atoms with Crippen molar-refractivity contribution >= 4 is 23.3 Å². The first-order valence-electron chi connectivity index (χ1n) is 6.40. The van der Waals surface area contributed by atoms with Crippen LogP contribution in [0.4, 0.5) is 11.5 Å². The van der Waals surface area contributed by atoms with E-state index in [1.165, 1.54) is 23.6 Å². The molecule has 2 heterocycles. The van der Waals surface area contributed by atoms with Crippen molar-refractivity contribution in [2.45, 2.75) is 19.8 Å². The third kappa shape index (κ3) is 4.11. The number of aromatic nitrogens is 1. The van der Waals surface area contributed by atoms with Gasteiger partial charge < -0.3 is 10.6 Å². The van der Waals surface area contributed by atoms with Gasteiger partial charge in [0.15, 0.2) is 0 Å². The van der Waals surface area contributed by atoms with Gasteiger partial charge in [0, 0.05) is 31.0 Å². The van der Waals surface area contributed by atoms with Crippen LogP contribution in [0.1, 0.15) is 19.8 Å². The number of nitrogens with zero attached hydrogens (tertiary/aromatic N) is 1. The van der Waals surface area contributed by atoms with E-state index in [2.05, 4.69) is 40.4 Å². The number of thioether (sulfide) groups is 1. The molecule has 4 heteroatoms. The molecule has 0 saturated carbocycles. The predicted octanol–water partition coefficient (Wildman–Crippen LogP) is 3.07. The molecule has 3 nitrogen and oxygen atoms in total. The van der Waals surface area contributed by atoms with Crippen LogP contribution < -0.4 is 10.6 Å². The number of hydrogen-bond acceptors (Lipinski definition) is 4. The monoisotopic (exact) mass is 251 g/mol. The van der Waals surface area contributed by atoms with Crippen molar-refractivity contribution in [2.24, 2.45) is 5.92 Å². The summed E-state index contributed by atoms with van der Waals surface area (Å²) >= 11 is 2.07. The highest BCUT2D eigenvalue weighted by molar-refractivity contribution is 7.99. The molecule has 0 aromatic carbocycles. The Bertz CT molecular complexity index is 337. The maximum Gasteiger partial charge on any atom is 0.127 e. The number of anilines is 2. The predicted molar refractivity (Wildman–Crippen MR) is 76.9 cm³/mol. The van der Waals surface area contributed by atoms with E-state index in [4.69, 9.17) is 0 Å². The lowest BCUT2D eigenvalue weighted by molar-refractivity contribution is 0.632. The van der Waals surface area contributed by atoms with E-state index >= 15 is 0 Å². The Balaban J connectivity index is 1.82. The van der Waals surface area contributed by atoms with Crippen LogP contribution in [-0.4, -0.2) is 29.6 Å². The number of pyridine rings is 1. The molecule has 2 rings (SSSR count). The fraction of sp³-hybridized carbons (Fsp3) is 0.615. The van der Waals surface area contributed by atoms with Crippen LogP contribution >= 0.6 is 11.8 Å². The molecule has 1 aliphatic rings. The van der Waals surface area contributed by atoms with E-state index in [0.29, 0.717) is 0 Å². The van der Waals surface area contributed by atoms with Crippen molar-refractivity contribution in [1.29, 1.82) is 0 Å². The average molecular weight is 251 g/mol. The van der Waals surface area contributed by atoms with Gasteiger partial charge in [0.05, 0.1) is 0 Å². The summed E-state index contributed by atoms with van der Waals surface area (Å²) in [5, 5.41) is 6.82. The Morgan fingerprint density at radius 2 is 2.41 bits per heavy atom. The molecule has 0 aliphatic carbocycles. The highest BCUT2D eigenvalue weighted by atomic mass is 32.2. The Kier molecular flexibility index (Phi) is 4.98. The van der Waals surface area contributed by atoms with E-state index in [0.717, 1.165) is 31.2 Å². The average Bonchev–Trinajstić information content (AvgIpc) is 2.87. The lowest BCUT2D eigenvalue weighted by atomic mass is 10.1. The molecule has 0 spiro atoms. The second kappa shape index (κ2) is 6.74. The Hall–Kier alpha value is -0.900. The molecule has 0 radical (unpaired) electrons. The molecule has 17 heavy (non-hydrogen) atoms. The first-order valence-corrected chi connectivity index (χ1v) is 7.55. The molecule has 0 amide bonds. The van der Waals surface area contributed by atoms with Crippen LogP contribution in [0.5, 0.6) is 0 Å². The minimum atomic E-state index is 0.834. The van der Waals surface area contributed by atoms with Crippen molar-refractivity contribution in [3.05, 3.63) is 18.3 Å². The molecule has 1 aromatic rings. The zero-order chi connectivity index (χ0) is 11.9. The van der Waals surface area contributed by atoms with Crippen LogP contribution in [0.15, 0.2) is 18.3 Å². The zero-order valence-electron chi connectivity index (χ0n) is 10.4. The highest BCUT2D eigenvalue weighted by Crippen LogP contribution is 2.23. The Labute approximate surface area is 108 Å². The van der Waals surface area contributed by atoms with Gasteiger partial charge in [-0.3, -0.25) is 0 Å². The fourth-order valence-electron chi connectivity index (χ4n) is 1.90. The van der Waals surface area contributed by atoms with Crippen molar-refractivity contribution < 1.29 is 0 Å². The molecule has 1 aromatic heterocycles. The van der Waals surface area contributed by atoms with Gasteiger partial charge in [-0.25, -0.2) is 4.98 Å². The lowest BCUT2D eigenvalue weighted by Crippen LogP contribution is -2.13. The second-order valence-electron chi connectivity index (χ2n) is 4.47. The third-order valence-corrected chi connectivity index (χ3v) is 4.17. The van der Waals surface area contributed by atoms with Gasteiger partial charge in [-0.15, -0.1) is 0 Å². The molecule has 94 valence electrons. The molecule has 1 saturated heterocycles. The summed E-state index contributed by atoms with van der Waals surface area (Å²) in [5.74, 6) is 4.43. The van der Waals surface area contributed by atoms with Gasteiger partial charge in [0.25, 0.3) is 0 Å². The van der Waals surface area contributed by atoms with E-state index in [9.17, 15) is 0 Å². The maximum atomic E-state index is 4.30. The van der Waals surface area contributed by atoms with Crippen LogP contribution in [0.25, 0.3) is 0 Å². The quantitative estimate of drug-likeness (QED) is 0.815. The minimum Gasteiger partial charge on any atom is -0.385 e. The van der Waals surface area contributed by atoms with Crippen LogP contribution in [0, 0.1) is 5.92 Å². The summed E-state index contributed by atoms with van der Waals surface area (Å²) in [5.41, 5.74) is 1.18. The van der Waals surface area contributed by atoms with Crippen LogP contribution in [0.2, 0.25) is 0 Å². The summed E-state index contributed by atoms with van der Waals surface area (Å²) in [6, 6.07) is 4.14. The normalized spacial score (nSPS) is 19.2. The molecule has 2 N–H and O–H groups in total. The first kappa shape index (κ1) is 12.6. The zero-order valence-corrected chi connectivity index (χ0v) is 11.2. The molecule has 1 aliphatic heterocycles. The number of rotatable bonds is 6. The van der Waals surface area contributed by atoms with Crippen molar-refractivity contribution in [3.63, 3.8) is 0 Å². The van der Waals surface area contributed by atoms with E-state index in [1.807, 2.05) is 12.3 Å². The smallest absolute Gasteiger partial charge is 0.127 e. The summed E-state index contributed by atoms with van der Waals surface area (Å²) in [6.07, 6.45) is 4.34. The largest absolute Gasteiger partial charge is 0.385 e. The van der Waals surface area contributed by atoms with E-state index < -0.39 is 0 Å².